The number of imidazole rings is 1. The Kier molecular flexibility index (Phi) is 3.74. The van der Waals surface area contributed by atoms with Gasteiger partial charge in [-0.15, -0.1) is 0 Å². The number of nitrogens with one attached hydrogen (secondary N) is 2. The fourth-order valence-electron chi connectivity index (χ4n) is 1.79. The van der Waals surface area contributed by atoms with Crippen LogP contribution in [0.25, 0.3) is 11.0 Å². The first kappa shape index (κ1) is 13.4. The highest BCUT2D eigenvalue weighted by Crippen LogP contribution is 2.28. The summed E-state index contributed by atoms with van der Waals surface area (Å²) < 4.78 is 4.53. The number of benzene rings is 1. The van der Waals surface area contributed by atoms with Crippen LogP contribution in [-0.4, -0.2) is 28.2 Å². The largest absolute Gasteiger partial charge is 0.453 e. The quantitative estimate of drug-likeness (QED) is 0.776. The Morgan fingerprint density at radius 3 is 3.00 bits per heavy atom. The molecule has 1 amide bonds. The molecule has 0 saturated carbocycles. The molecule has 0 radical (unpaired) electrons. The number of pyridine rings is 1. The Labute approximate surface area is 124 Å². The minimum Gasteiger partial charge on any atom is -0.453 e. The number of ether oxygens (including phenoxy) is 1. The number of nitrogens with zero attached hydrogens (tertiary/aromatic N) is 2. The fraction of sp³-hybridized carbons (Fsp3) is 0.0714. The number of methoxy groups -OCH3 is 1. The molecule has 7 heteroatoms. The van der Waals surface area contributed by atoms with Gasteiger partial charge in [-0.05, 0) is 30.3 Å². The fourth-order valence-corrected chi connectivity index (χ4v) is 2.60. The van der Waals surface area contributed by atoms with E-state index in [1.54, 1.807) is 18.0 Å². The van der Waals surface area contributed by atoms with Crippen LogP contribution < -0.4 is 5.32 Å². The smallest absolute Gasteiger partial charge is 0.413 e. The van der Waals surface area contributed by atoms with E-state index in [0.29, 0.717) is 5.95 Å². The zero-order chi connectivity index (χ0) is 14.7. The molecule has 106 valence electrons. The number of aromatic amines is 1. The summed E-state index contributed by atoms with van der Waals surface area (Å²) in [7, 11) is 1.31. The maximum absolute atomic E-state index is 11.2. The van der Waals surface area contributed by atoms with E-state index in [1.165, 1.54) is 7.11 Å². The van der Waals surface area contributed by atoms with E-state index in [9.17, 15) is 4.79 Å². The molecule has 0 aliphatic rings. The molecule has 0 atom stereocenters. The van der Waals surface area contributed by atoms with Crippen molar-refractivity contribution in [3.8, 4) is 0 Å². The zero-order valence-electron chi connectivity index (χ0n) is 11.2. The predicted molar refractivity (Wildman–Crippen MR) is 80.5 cm³/mol. The van der Waals surface area contributed by atoms with Gasteiger partial charge in [0.2, 0.25) is 5.95 Å². The Bertz CT molecular complexity index is 773. The van der Waals surface area contributed by atoms with Gasteiger partial charge in [0.1, 0.15) is 5.03 Å². The second-order valence-electron chi connectivity index (χ2n) is 4.15. The van der Waals surface area contributed by atoms with E-state index in [-0.39, 0.29) is 0 Å². The maximum Gasteiger partial charge on any atom is 0.413 e. The van der Waals surface area contributed by atoms with E-state index >= 15 is 0 Å². The molecule has 3 rings (SSSR count). The molecule has 0 aliphatic carbocycles. The van der Waals surface area contributed by atoms with Crippen LogP contribution in [0.1, 0.15) is 0 Å². The predicted octanol–water partition coefficient (Wildman–Crippen LogP) is 3.29. The van der Waals surface area contributed by atoms with Crippen LogP contribution in [-0.2, 0) is 4.74 Å². The van der Waals surface area contributed by atoms with Gasteiger partial charge in [-0.2, -0.15) is 0 Å². The summed E-state index contributed by atoms with van der Waals surface area (Å²) in [6, 6.07) is 11.6. The first-order valence-electron chi connectivity index (χ1n) is 6.18. The molecule has 21 heavy (non-hydrogen) atoms. The van der Waals surface area contributed by atoms with Crippen LogP contribution in [0.2, 0.25) is 0 Å². The lowest BCUT2D eigenvalue weighted by molar-refractivity contribution is 0.186. The normalized spacial score (nSPS) is 10.5. The topological polar surface area (TPSA) is 79.9 Å². The number of carbonyl (C=O) groups excluding carboxylic acids is 1. The van der Waals surface area contributed by atoms with Crippen LogP contribution in [0, 0.1) is 0 Å². The summed E-state index contributed by atoms with van der Waals surface area (Å²) in [5.41, 5.74) is 1.61. The van der Waals surface area contributed by atoms with E-state index < -0.39 is 6.09 Å². The Morgan fingerprint density at radius 1 is 1.33 bits per heavy atom. The molecule has 2 heterocycles. The molecular formula is C14H12N4O2S. The van der Waals surface area contributed by atoms with Gasteiger partial charge in [0.05, 0.1) is 18.1 Å². The van der Waals surface area contributed by atoms with Crippen molar-refractivity contribution in [2.24, 2.45) is 0 Å². The van der Waals surface area contributed by atoms with Crippen molar-refractivity contribution in [1.82, 2.24) is 15.0 Å². The van der Waals surface area contributed by atoms with Gasteiger partial charge < -0.3 is 9.72 Å². The maximum atomic E-state index is 11.2. The summed E-state index contributed by atoms with van der Waals surface area (Å²) in [5.74, 6) is 0.358. The van der Waals surface area contributed by atoms with E-state index in [2.05, 4.69) is 25.0 Å². The van der Waals surface area contributed by atoms with Crippen LogP contribution >= 0.6 is 11.8 Å². The van der Waals surface area contributed by atoms with Crippen molar-refractivity contribution in [2.45, 2.75) is 9.92 Å². The van der Waals surface area contributed by atoms with Crippen molar-refractivity contribution in [1.29, 1.82) is 0 Å². The second-order valence-corrected chi connectivity index (χ2v) is 5.24. The number of amides is 1. The highest BCUT2D eigenvalue weighted by molar-refractivity contribution is 7.99. The lowest BCUT2D eigenvalue weighted by Gasteiger charge is -1.99. The van der Waals surface area contributed by atoms with E-state index in [1.807, 2.05) is 36.4 Å². The van der Waals surface area contributed by atoms with E-state index in [4.69, 9.17) is 0 Å². The molecule has 2 N–H and O–H groups in total. The Hall–Kier alpha value is -2.54. The number of carbonyl (C=O) groups is 1. The van der Waals surface area contributed by atoms with Crippen molar-refractivity contribution >= 4 is 34.8 Å². The van der Waals surface area contributed by atoms with Crippen LogP contribution in [0.3, 0.4) is 0 Å². The third kappa shape index (κ3) is 3.14. The number of aromatic nitrogens is 3. The number of anilines is 1. The third-order valence-corrected chi connectivity index (χ3v) is 3.66. The molecule has 2 aromatic heterocycles. The SMILES string of the molecule is COC(=O)Nc1nc2ccc(Sc3ccccn3)cc2[nH]1. The lowest BCUT2D eigenvalue weighted by atomic mass is 10.3. The van der Waals surface area contributed by atoms with Gasteiger partial charge in [-0.1, -0.05) is 17.8 Å². The molecule has 1 aromatic carbocycles. The molecule has 0 bridgehead atoms. The van der Waals surface area contributed by atoms with Gasteiger partial charge in [0.25, 0.3) is 0 Å². The molecule has 6 nitrogen and oxygen atoms in total. The molecule has 0 aliphatic heterocycles. The standard InChI is InChI=1S/C14H12N4O2S/c1-20-14(19)18-13-16-10-6-5-9(8-11(10)17-13)21-12-4-2-3-7-15-12/h2-8H,1H3,(H2,16,17,18,19). The van der Waals surface area contributed by atoms with Crippen LogP contribution in [0.4, 0.5) is 10.7 Å². The van der Waals surface area contributed by atoms with Crippen molar-refractivity contribution in [2.75, 3.05) is 12.4 Å². The number of fused-ring (bicyclic) bond motifs is 1. The van der Waals surface area contributed by atoms with Crippen molar-refractivity contribution in [3.63, 3.8) is 0 Å². The second kappa shape index (κ2) is 5.84. The zero-order valence-corrected chi connectivity index (χ0v) is 12.0. The number of rotatable bonds is 3. The molecule has 0 saturated heterocycles. The molecule has 0 spiro atoms. The summed E-state index contributed by atoms with van der Waals surface area (Å²) in [5, 5.41) is 3.42. The van der Waals surface area contributed by atoms with Crippen molar-refractivity contribution in [3.05, 3.63) is 42.6 Å². The molecule has 0 fully saturated rings. The lowest BCUT2D eigenvalue weighted by Crippen LogP contribution is -2.11. The van der Waals surface area contributed by atoms with Gasteiger partial charge in [0, 0.05) is 11.1 Å². The summed E-state index contributed by atoms with van der Waals surface area (Å²) in [6.07, 6.45) is 1.20. The number of hydrogen-bond donors (Lipinski definition) is 2. The Morgan fingerprint density at radius 2 is 2.24 bits per heavy atom. The van der Waals surface area contributed by atoms with Gasteiger partial charge in [-0.25, -0.2) is 14.8 Å². The van der Waals surface area contributed by atoms with Crippen LogP contribution in [0.5, 0.6) is 0 Å². The average molecular weight is 300 g/mol. The molecular weight excluding hydrogens is 288 g/mol. The number of H-pyrrole nitrogens is 1. The monoisotopic (exact) mass is 300 g/mol. The highest BCUT2D eigenvalue weighted by atomic mass is 32.2. The third-order valence-electron chi connectivity index (χ3n) is 2.72. The van der Waals surface area contributed by atoms with Gasteiger partial charge >= 0.3 is 6.09 Å². The van der Waals surface area contributed by atoms with E-state index in [0.717, 1.165) is 21.0 Å². The Balaban J connectivity index is 1.84. The van der Waals surface area contributed by atoms with Gasteiger partial charge in [-0.3, -0.25) is 5.32 Å². The first-order valence-corrected chi connectivity index (χ1v) is 7.00. The highest BCUT2D eigenvalue weighted by Gasteiger charge is 2.07. The van der Waals surface area contributed by atoms with Crippen molar-refractivity contribution < 1.29 is 9.53 Å². The minimum atomic E-state index is -0.558. The summed E-state index contributed by atoms with van der Waals surface area (Å²) >= 11 is 1.56. The molecule has 0 unspecified atom stereocenters. The van der Waals surface area contributed by atoms with Crippen LogP contribution in [0.15, 0.2) is 52.5 Å². The minimum absolute atomic E-state index is 0.358. The van der Waals surface area contributed by atoms with Gasteiger partial charge in [0.15, 0.2) is 0 Å². The summed E-state index contributed by atoms with van der Waals surface area (Å²) in [6.45, 7) is 0. The molecule has 3 aromatic rings. The first-order chi connectivity index (χ1) is 10.2. The summed E-state index contributed by atoms with van der Waals surface area (Å²) in [4.78, 5) is 23.8. The average Bonchev–Trinajstić information content (AvgIpc) is 2.89. The number of hydrogen-bond acceptors (Lipinski definition) is 5.